The Labute approximate surface area is 156 Å². The molecule has 6 heteroatoms. The maximum atomic E-state index is 10.7. The molecule has 0 amide bonds. The number of aliphatic imine (C=N–C) groups is 1. The molecule has 3 aromatic rings. The number of nitrogens with zero attached hydrogens (tertiary/aromatic N) is 2. The van der Waals surface area contributed by atoms with E-state index in [2.05, 4.69) is 20.9 Å². The number of fused-ring (bicyclic) bond motifs is 1. The summed E-state index contributed by atoms with van der Waals surface area (Å²) >= 11 is 10.3. The molecule has 4 rings (SSSR count). The number of hydrogen-bond donors (Lipinski definition) is 1. The van der Waals surface area contributed by atoms with Crippen LogP contribution < -0.4 is 0 Å². The Morgan fingerprint density at radius 2 is 2.00 bits per heavy atom. The van der Waals surface area contributed by atoms with E-state index in [0.29, 0.717) is 3.95 Å². The zero-order valence-corrected chi connectivity index (χ0v) is 15.5. The van der Waals surface area contributed by atoms with Crippen LogP contribution in [0.25, 0.3) is 17.3 Å². The predicted octanol–water partition coefficient (Wildman–Crippen LogP) is 5.99. The fourth-order valence-corrected chi connectivity index (χ4v) is 4.30. The molecule has 0 bridgehead atoms. The van der Waals surface area contributed by atoms with E-state index in [1.54, 1.807) is 4.57 Å². The van der Waals surface area contributed by atoms with Crippen LogP contribution in [0.2, 0.25) is 0 Å². The van der Waals surface area contributed by atoms with Crippen LogP contribution in [-0.2, 0) is 0 Å². The van der Waals surface area contributed by atoms with Crippen molar-refractivity contribution in [2.75, 3.05) is 0 Å². The zero-order chi connectivity index (χ0) is 16.7. The third-order valence-electron chi connectivity index (χ3n) is 3.72. The van der Waals surface area contributed by atoms with Crippen molar-refractivity contribution >= 4 is 63.0 Å². The summed E-state index contributed by atoms with van der Waals surface area (Å²) in [7, 11) is 0. The number of rotatable bonds is 2. The molecule has 0 atom stereocenters. The van der Waals surface area contributed by atoms with Crippen molar-refractivity contribution in [3.8, 4) is 11.6 Å². The summed E-state index contributed by atoms with van der Waals surface area (Å²) in [4.78, 5) is 5.12. The van der Waals surface area contributed by atoms with Gasteiger partial charge in [0.25, 0.3) is 0 Å². The first-order valence-electron chi connectivity index (χ1n) is 7.19. The number of benzene rings is 2. The summed E-state index contributed by atoms with van der Waals surface area (Å²) in [5.41, 5.74) is 3.80. The van der Waals surface area contributed by atoms with E-state index < -0.39 is 0 Å². The van der Waals surface area contributed by atoms with Crippen LogP contribution >= 0.6 is 39.5 Å². The minimum Gasteiger partial charge on any atom is -0.493 e. The number of aromatic hydroxyl groups is 1. The summed E-state index contributed by atoms with van der Waals surface area (Å²) in [6.07, 6.45) is 3.75. The van der Waals surface area contributed by atoms with Gasteiger partial charge in [-0.2, -0.15) is 0 Å². The molecule has 1 aromatic heterocycles. The van der Waals surface area contributed by atoms with E-state index in [1.165, 1.54) is 11.3 Å². The van der Waals surface area contributed by atoms with Crippen LogP contribution in [0.4, 0.5) is 5.69 Å². The largest absolute Gasteiger partial charge is 0.493 e. The number of para-hydroxylation sites is 1. The van der Waals surface area contributed by atoms with Crippen LogP contribution in [-0.4, -0.2) is 15.9 Å². The highest BCUT2D eigenvalue weighted by molar-refractivity contribution is 9.10. The Balaban J connectivity index is 1.83. The molecule has 118 valence electrons. The van der Waals surface area contributed by atoms with E-state index in [4.69, 9.17) is 12.2 Å². The molecule has 0 saturated carbocycles. The zero-order valence-electron chi connectivity index (χ0n) is 12.3. The second kappa shape index (κ2) is 6.12. The van der Waals surface area contributed by atoms with Gasteiger partial charge in [-0.3, -0.25) is 9.56 Å². The van der Waals surface area contributed by atoms with Gasteiger partial charge < -0.3 is 5.11 Å². The molecule has 1 N–H and O–H groups in total. The minimum atomic E-state index is 0.147. The highest BCUT2D eigenvalue weighted by Crippen LogP contribution is 2.37. The van der Waals surface area contributed by atoms with Crippen LogP contribution in [0, 0.1) is 3.95 Å². The number of hydrogen-bond acceptors (Lipinski definition) is 4. The fraction of sp³-hybridized carbons (Fsp3) is 0. The maximum absolute atomic E-state index is 10.7. The van der Waals surface area contributed by atoms with Crippen molar-refractivity contribution < 1.29 is 5.11 Å². The van der Waals surface area contributed by atoms with Crippen molar-refractivity contribution in [3.63, 3.8) is 0 Å². The molecule has 0 saturated heterocycles. The van der Waals surface area contributed by atoms with Crippen molar-refractivity contribution in [2.45, 2.75) is 0 Å². The van der Waals surface area contributed by atoms with Crippen molar-refractivity contribution in [1.29, 1.82) is 0 Å². The first-order valence-corrected chi connectivity index (χ1v) is 9.21. The first kappa shape index (κ1) is 15.5. The lowest BCUT2D eigenvalue weighted by Gasteiger charge is -2.05. The second-order valence-corrected chi connectivity index (χ2v) is 7.84. The van der Waals surface area contributed by atoms with E-state index in [1.807, 2.05) is 60.8 Å². The SMILES string of the molecule is Oc1c(/C=C2/C=Nc3ccccc32)sc(=S)n1-c1cccc(Br)c1. The van der Waals surface area contributed by atoms with E-state index in [0.717, 1.165) is 31.9 Å². The summed E-state index contributed by atoms with van der Waals surface area (Å²) < 4.78 is 3.21. The predicted molar refractivity (Wildman–Crippen MR) is 106 cm³/mol. The normalized spacial score (nSPS) is 14.3. The molecular weight excluding hydrogens is 404 g/mol. The third-order valence-corrected chi connectivity index (χ3v) is 5.53. The van der Waals surface area contributed by atoms with Gasteiger partial charge in [0.2, 0.25) is 5.88 Å². The summed E-state index contributed by atoms with van der Waals surface area (Å²) in [6, 6.07) is 15.6. The monoisotopic (exact) mass is 414 g/mol. The molecule has 0 fully saturated rings. The van der Waals surface area contributed by atoms with Crippen molar-refractivity contribution in [3.05, 3.63) is 67.4 Å². The van der Waals surface area contributed by atoms with Gasteiger partial charge in [0.05, 0.1) is 16.3 Å². The Morgan fingerprint density at radius 3 is 2.83 bits per heavy atom. The number of allylic oxidation sites excluding steroid dienone is 1. The van der Waals surface area contributed by atoms with Gasteiger partial charge in [-0.25, -0.2) is 0 Å². The first-order chi connectivity index (χ1) is 11.6. The molecule has 1 aliphatic heterocycles. The molecule has 0 unspecified atom stereocenters. The average Bonchev–Trinajstić information content (AvgIpc) is 3.09. The Hall–Kier alpha value is -2.02. The fourth-order valence-electron chi connectivity index (χ4n) is 2.61. The third kappa shape index (κ3) is 2.66. The van der Waals surface area contributed by atoms with Crippen LogP contribution in [0.5, 0.6) is 5.88 Å². The standard InChI is InChI=1S/C18H11BrN2OS2/c19-12-4-3-5-13(9-12)21-17(22)16(24-18(21)23)8-11-10-20-15-7-2-1-6-14(11)15/h1-10,22H/b11-8-. The molecule has 24 heavy (non-hydrogen) atoms. The average molecular weight is 415 g/mol. The summed E-state index contributed by atoms with van der Waals surface area (Å²) in [5, 5.41) is 10.7. The van der Waals surface area contributed by atoms with Gasteiger partial charge in [0.15, 0.2) is 3.95 Å². The van der Waals surface area contributed by atoms with Gasteiger partial charge in [-0.15, -0.1) is 11.3 Å². The summed E-state index contributed by atoms with van der Waals surface area (Å²) in [5.74, 6) is 0.147. The number of halogens is 1. The van der Waals surface area contributed by atoms with Crippen LogP contribution in [0.1, 0.15) is 10.4 Å². The van der Waals surface area contributed by atoms with Gasteiger partial charge in [0.1, 0.15) is 0 Å². The van der Waals surface area contributed by atoms with Gasteiger partial charge in [-0.05, 0) is 42.6 Å². The highest BCUT2D eigenvalue weighted by Gasteiger charge is 2.16. The number of thiazole rings is 1. The molecular formula is C18H11BrN2OS2. The molecule has 0 aliphatic carbocycles. The Morgan fingerprint density at radius 1 is 1.17 bits per heavy atom. The number of aromatic nitrogens is 1. The molecule has 2 heterocycles. The minimum absolute atomic E-state index is 0.147. The summed E-state index contributed by atoms with van der Waals surface area (Å²) in [6.45, 7) is 0. The van der Waals surface area contributed by atoms with Crippen LogP contribution in [0.3, 0.4) is 0 Å². The van der Waals surface area contributed by atoms with Crippen LogP contribution in [0.15, 0.2) is 58.0 Å². The lowest BCUT2D eigenvalue weighted by atomic mass is 10.1. The molecule has 2 aromatic carbocycles. The molecule has 0 spiro atoms. The topological polar surface area (TPSA) is 37.5 Å². The van der Waals surface area contributed by atoms with E-state index in [-0.39, 0.29) is 5.88 Å². The van der Waals surface area contributed by atoms with Crippen molar-refractivity contribution in [2.24, 2.45) is 4.99 Å². The van der Waals surface area contributed by atoms with Gasteiger partial charge in [0, 0.05) is 21.8 Å². The van der Waals surface area contributed by atoms with Gasteiger partial charge in [-0.1, -0.05) is 40.2 Å². The van der Waals surface area contributed by atoms with Crippen molar-refractivity contribution in [1.82, 2.24) is 4.57 Å². The quantitative estimate of drug-likeness (QED) is 0.522. The molecule has 3 nitrogen and oxygen atoms in total. The Bertz CT molecular complexity index is 1060. The maximum Gasteiger partial charge on any atom is 0.215 e. The smallest absolute Gasteiger partial charge is 0.215 e. The molecule has 1 aliphatic rings. The lowest BCUT2D eigenvalue weighted by molar-refractivity contribution is 0.441. The van der Waals surface area contributed by atoms with E-state index >= 15 is 0 Å². The highest BCUT2D eigenvalue weighted by atomic mass is 79.9. The molecule has 0 radical (unpaired) electrons. The van der Waals surface area contributed by atoms with Gasteiger partial charge >= 0.3 is 0 Å². The second-order valence-electron chi connectivity index (χ2n) is 5.25. The lowest BCUT2D eigenvalue weighted by Crippen LogP contribution is -1.92. The Kier molecular flexibility index (Phi) is 3.96. The van der Waals surface area contributed by atoms with E-state index in [9.17, 15) is 5.11 Å².